The van der Waals surface area contributed by atoms with Crippen molar-refractivity contribution in [3.05, 3.63) is 53.1 Å². The number of fused-ring (bicyclic) bond motifs is 2. The summed E-state index contributed by atoms with van der Waals surface area (Å²) >= 11 is 0. The van der Waals surface area contributed by atoms with Gasteiger partial charge in [0.25, 0.3) is 5.91 Å². The molecule has 1 amide bonds. The average molecular weight is 375 g/mol. The third kappa shape index (κ3) is 2.97. The Labute approximate surface area is 164 Å². The van der Waals surface area contributed by atoms with Crippen molar-refractivity contribution in [3.8, 4) is 0 Å². The summed E-state index contributed by atoms with van der Waals surface area (Å²) in [6, 6.07) is 5.93. The van der Waals surface area contributed by atoms with Crippen molar-refractivity contribution in [2.75, 3.05) is 0 Å². The lowest BCUT2D eigenvalue weighted by molar-refractivity contribution is 0.0661. The van der Waals surface area contributed by atoms with E-state index in [0.717, 1.165) is 42.4 Å². The Bertz CT molecular complexity index is 1030. The summed E-state index contributed by atoms with van der Waals surface area (Å²) in [5, 5.41) is 4.77. The SMILES string of the molecule is Cn1nc(CN(C(=O)c2ccc3nccnc3c2)C2CCCC2)c2c1CCC2. The summed E-state index contributed by atoms with van der Waals surface area (Å²) in [5.41, 5.74) is 6.05. The minimum absolute atomic E-state index is 0.0804. The smallest absolute Gasteiger partial charge is 0.254 e. The Balaban J connectivity index is 1.49. The van der Waals surface area contributed by atoms with Crippen LogP contribution in [-0.4, -0.2) is 36.6 Å². The topological polar surface area (TPSA) is 63.9 Å². The second-order valence-corrected chi connectivity index (χ2v) is 7.98. The highest BCUT2D eigenvalue weighted by Gasteiger charge is 2.30. The highest BCUT2D eigenvalue weighted by molar-refractivity contribution is 5.97. The van der Waals surface area contributed by atoms with Crippen LogP contribution in [0.5, 0.6) is 0 Å². The number of aromatic nitrogens is 4. The maximum atomic E-state index is 13.5. The first-order valence-electron chi connectivity index (χ1n) is 10.3. The maximum Gasteiger partial charge on any atom is 0.254 e. The monoisotopic (exact) mass is 375 g/mol. The van der Waals surface area contributed by atoms with Gasteiger partial charge in [0.1, 0.15) is 0 Å². The van der Waals surface area contributed by atoms with Crippen LogP contribution in [0.15, 0.2) is 30.6 Å². The zero-order valence-corrected chi connectivity index (χ0v) is 16.3. The zero-order chi connectivity index (χ0) is 19.1. The van der Waals surface area contributed by atoms with Gasteiger partial charge in [-0.05, 0) is 55.9 Å². The summed E-state index contributed by atoms with van der Waals surface area (Å²) in [6.45, 7) is 0.602. The van der Waals surface area contributed by atoms with Crippen molar-refractivity contribution in [2.24, 2.45) is 7.05 Å². The molecule has 6 nitrogen and oxygen atoms in total. The number of hydrogen-bond acceptors (Lipinski definition) is 4. The van der Waals surface area contributed by atoms with Gasteiger partial charge >= 0.3 is 0 Å². The van der Waals surface area contributed by atoms with Gasteiger partial charge in [-0.15, -0.1) is 0 Å². The Morgan fingerprint density at radius 1 is 1.11 bits per heavy atom. The minimum Gasteiger partial charge on any atom is -0.330 e. The fourth-order valence-corrected chi connectivity index (χ4v) is 4.83. The van der Waals surface area contributed by atoms with Crippen LogP contribution in [0.1, 0.15) is 59.4 Å². The molecule has 5 rings (SSSR count). The molecule has 0 unspecified atom stereocenters. The molecule has 2 heterocycles. The molecule has 2 aromatic heterocycles. The number of rotatable bonds is 4. The molecule has 1 fully saturated rings. The van der Waals surface area contributed by atoms with Crippen LogP contribution in [0.2, 0.25) is 0 Å². The van der Waals surface area contributed by atoms with E-state index in [2.05, 4.69) is 14.9 Å². The molecule has 6 heteroatoms. The van der Waals surface area contributed by atoms with E-state index in [1.165, 1.54) is 30.5 Å². The lowest BCUT2D eigenvalue weighted by Crippen LogP contribution is -2.38. The van der Waals surface area contributed by atoms with Crippen LogP contribution < -0.4 is 0 Å². The van der Waals surface area contributed by atoms with Gasteiger partial charge < -0.3 is 4.90 Å². The highest BCUT2D eigenvalue weighted by Crippen LogP contribution is 2.30. The number of carbonyl (C=O) groups excluding carboxylic acids is 1. The molecular weight excluding hydrogens is 350 g/mol. The van der Waals surface area contributed by atoms with E-state index < -0.39 is 0 Å². The Morgan fingerprint density at radius 2 is 1.89 bits per heavy atom. The van der Waals surface area contributed by atoms with Crippen molar-refractivity contribution in [1.82, 2.24) is 24.6 Å². The molecule has 0 bridgehead atoms. The largest absolute Gasteiger partial charge is 0.330 e. The molecular formula is C22H25N5O. The van der Waals surface area contributed by atoms with E-state index in [1.54, 1.807) is 12.4 Å². The van der Waals surface area contributed by atoms with Crippen LogP contribution in [0, 0.1) is 0 Å². The predicted octanol–water partition coefficient (Wildman–Crippen LogP) is 3.44. The molecule has 0 radical (unpaired) electrons. The first-order chi connectivity index (χ1) is 13.7. The summed E-state index contributed by atoms with van der Waals surface area (Å²) in [5.74, 6) is 0.0804. The summed E-state index contributed by atoms with van der Waals surface area (Å²) in [7, 11) is 2.03. The van der Waals surface area contributed by atoms with Crippen molar-refractivity contribution < 1.29 is 4.79 Å². The summed E-state index contributed by atoms with van der Waals surface area (Å²) in [6.07, 6.45) is 11.3. The molecule has 0 atom stereocenters. The van der Waals surface area contributed by atoms with E-state index >= 15 is 0 Å². The molecule has 28 heavy (non-hydrogen) atoms. The van der Waals surface area contributed by atoms with E-state index in [0.29, 0.717) is 18.2 Å². The van der Waals surface area contributed by atoms with E-state index in [4.69, 9.17) is 5.10 Å². The van der Waals surface area contributed by atoms with E-state index in [9.17, 15) is 4.79 Å². The van der Waals surface area contributed by atoms with Gasteiger partial charge in [-0.25, -0.2) is 0 Å². The van der Waals surface area contributed by atoms with Crippen LogP contribution >= 0.6 is 0 Å². The van der Waals surface area contributed by atoms with Crippen molar-refractivity contribution in [1.29, 1.82) is 0 Å². The quantitative estimate of drug-likeness (QED) is 0.701. The second kappa shape index (κ2) is 7.00. The second-order valence-electron chi connectivity index (χ2n) is 7.98. The Kier molecular flexibility index (Phi) is 4.34. The average Bonchev–Trinajstić information content (AvgIpc) is 3.46. The number of amides is 1. The van der Waals surface area contributed by atoms with Gasteiger partial charge in [0.15, 0.2) is 0 Å². The Hall–Kier alpha value is -2.76. The molecule has 0 N–H and O–H groups in total. The van der Waals surface area contributed by atoms with Crippen molar-refractivity contribution in [3.63, 3.8) is 0 Å². The Morgan fingerprint density at radius 3 is 2.71 bits per heavy atom. The van der Waals surface area contributed by atoms with Gasteiger partial charge in [0.2, 0.25) is 0 Å². The van der Waals surface area contributed by atoms with Crippen molar-refractivity contribution >= 4 is 16.9 Å². The number of aryl methyl sites for hydroxylation is 1. The van der Waals surface area contributed by atoms with E-state index in [-0.39, 0.29) is 5.91 Å². The standard InChI is InChI=1S/C22H25N5O/c1-26-21-8-4-7-17(21)20(25-26)14-27(16-5-2-3-6-16)22(28)15-9-10-18-19(13-15)24-12-11-23-18/h9-13,16H,2-8,14H2,1H3. The molecule has 0 saturated heterocycles. The fourth-order valence-electron chi connectivity index (χ4n) is 4.83. The van der Waals surface area contributed by atoms with Crippen LogP contribution in [0.3, 0.4) is 0 Å². The van der Waals surface area contributed by atoms with E-state index in [1.807, 2.05) is 29.9 Å². The lowest BCUT2D eigenvalue weighted by Gasteiger charge is -2.29. The van der Waals surface area contributed by atoms with Gasteiger partial charge in [-0.3, -0.25) is 19.4 Å². The lowest BCUT2D eigenvalue weighted by atomic mass is 10.1. The molecule has 1 saturated carbocycles. The zero-order valence-electron chi connectivity index (χ0n) is 16.3. The van der Waals surface area contributed by atoms with Crippen LogP contribution in [0.25, 0.3) is 11.0 Å². The maximum absolute atomic E-state index is 13.5. The highest BCUT2D eigenvalue weighted by atomic mass is 16.2. The van der Waals surface area contributed by atoms with Crippen LogP contribution in [-0.2, 0) is 26.4 Å². The first kappa shape index (κ1) is 17.3. The predicted molar refractivity (Wildman–Crippen MR) is 107 cm³/mol. The number of carbonyl (C=O) groups is 1. The summed E-state index contributed by atoms with van der Waals surface area (Å²) < 4.78 is 2.01. The molecule has 144 valence electrons. The molecule has 2 aliphatic carbocycles. The molecule has 0 spiro atoms. The number of nitrogens with zero attached hydrogens (tertiary/aromatic N) is 5. The van der Waals surface area contributed by atoms with Crippen molar-refractivity contribution in [2.45, 2.75) is 57.5 Å². The van der Waals surface area contributed by atoms with Gasteiger partial charge in [0.05, 0.1) is 23.3 Å². The fraction of sp³-hybridized carbons (Fsp3) is 0.455. The van der Waals surface area contributed by atoms with Gasteiger partial charge in [-0.1, -0.05) is 12.8 Å². The normalized spacial score (nSPS) is 16.6. The van der Waals surface area contributed by atoms with Gasteiger partial charge in [-0.2, -0.15) is 5.10 Å². The summed E-state index contributed by atoms with van der Waals surface area (Å²) in [4.78, 5) is 24.3. The number of benzene rings is 1. The number of hydrogen-bond donors (Lipinski definition) is 0. The third-order valence-corrected chi connectivity index (χ3v) is 6.26. The molecule has 1 aromatic carbocycles. The van der Waals surface area contributed by atoms with Crippen LogP contribution in [0.4, 0.5) is 0 Å². The minimum atomic E-state index is 0.0804. The molecule has 0 aliphatic heterocycles. The third-order valence-electron chi connectivity index (χ3n) is 6.26. The van der Waals surface area contributed by atoms with Gasteiger partial charge in [0, 0.05) is 36.7 Å². The molecule has 2 aliphatic rings. The molecule has 3 aromatic rings. The first-order valence-corrected chi connectivity index (χ1v) is 10.3.